The maximum Gasteiger partial charge on any atom is 0.307 e. The van der Waals surface area contributed by atoms with Gasteiger partial charge in [0.1, 0.15) is 0 Å². The van der Waals surface area contributed by atoms with Crippen LogP contribution < -0.4 is 0 Å². The molecular formula is C18H27NO4. The van der Waals surface area contributed by atoms with Gasteiger partial charge in [-0.05, 0) is 26.3 Å². The lowest BCUT2D eigenvalue weighted by Crippen LogP contribution is -2.36. The van der Waals surface area contributed by atoms with E-state index < -0.39 is 0 Å². The van der Waals surface area contributed by atoms with Crippen molar-refractivity contribution >= 4 is 11.9 Å². The van der Waals surface area contributed by atoms with Crippen LogP contribution in [0.1, 0.15) is 39.2 Å². The number of ether oxygens (including phenoxy) is 2. The van der Waals surface area contributed by atoms with Gasteiger partial charge in [0.2, 0.25) is 0 Å². The molecule has 128 valence electrons. The zero-order valence-corrected chi connectivity index (χ0v) is 14.3. The zero-order valence-electron chi connectivity index (χ0n) is 14.3. The van der Waals surface area contributed by atoms with Crippen molar-refractivity contribution in [3.8, 4) is 0 Å². The Morgan fingerprint density at radius 3 is 2.26 bits per heavy atom. The summed E-state index contributed by atoms with van der Waals surface area (Å²) in [5, 5.41) is 0. The topological polar surface area (TPSA) is 55.8 Å². The van der Waals surface area contributed by atoms with Crippen LogP contribution in [0.4, 0.5) is 0 Å². The number of carbonyl (C=O) groups is 2. The summed E-state index contributed by atoms with van der Waals surface area (Å²) in [4.78, 5) is 25.4. The van der Waals surface area contributed by atoms with E-state index in [1.807, 2.05) is 37.3 Å². The Hall–Kier alpha value is -1.88. The van der Waals surface area contributed by atoms with Crippen LogP contribution in [0.5, 0.6) is 0 Å². The molecule has 0 heterocycles. The van der Waals surface area contributed by atoms with Crippen LogP contribution in [-0.4, -0.2) is 42.6 Å². The van der Waals surface area contributed by atoms with Crippen molar-refractivity contribution in [2.45, 2.75) is 46.2 Å². The highest BCUT2D eigenvalue weighted by Gasteiger charge is 2.19. The van der Waals surface area contributed by atoms with Gasteiger partial charge in [-0.25, -0.2) is 0 Å². The summed E-state index contributed by atoms with van der Waals surface area (Å²) in [6.45, 7) is 7.57. The number of benzene rings is 1. The second-order valence-electron chi connectivity index (χ2n) is 5.37. The third-order valence-corrected chi connectivity index (χ3v) is 3.53. The normalized spacial score (nSPS) is 12.0. The summed E-state index contributed by atoms with van der Waals surface area (Å²) in [6, 6.07) is 9.99. The van der Waals surface area contributed by atoms with E-state index in [9.17, 15) is 9.59 Å². The predicted octanol–water partition coefficient (Wildman–Crippen LogP) is 2.78. The van der Waals surface area contributed by atoms with E-state index in [-0.39, 0.29) is 18.0 Å². The minimum Gasteiger partial charge on any atom is -0.466 e. The average molecular weight is 321 g/mol. The molecule has 5 heteroatoms. The van der Waals surface area contributed by atoms with E-state index in [0.717, 1.165) is 5.56 Å². The summed E-state index contributed by atoms with van der Waals surface area (Å²) in [6.07, 6.45) is 0.622. The van der Waals surface area contributed by atoms with Gasteiger partial charge in [-0.1, -0.05) is 30.3 Å². The summed E-state index contributed by atoms with van der Waals surface area (Å²) in [5.41, 5.74) is 1.15. The molecule has 0 spiro atoms. The molecular weight excluding hydrogens is 294 g/mol. The fraction of sp³-hybridized carbons (Fsp3) is 0.556. The Morgan fingerprint density at radius 2 is 1.65 bits per heavy atom. The van der Waals surface area contributed by atoms with Crippen molar-refractivity contribution in [1.29, 1.82) is 0 Å². The van der Waals surface area contributed by atoms with Gasteiger partial charge in [-0.2, -0.15) is 0 Å². The van der Waals surface area contributed by atoms with Crippen molar-refractivity contribution in [2.75, 3.05) is 19.8 Å². The summed E-state index contributed by atoms with van der Waals surface area (Å²) in [7, 11) is 0. The minimum atomic E-state index is -0.214. The smallest absolute Gasteiger partial charge is 0.307 e. The maximum atomic E-state index is 11.7. The minimum absolute atomic E-state index is 0.0105. The van der Waals surface area contributed by atoms with Gasteiger partial charge in [0.05, 0.1) is 26.1 Å². The molecule has 0 aliphatic heterocycles. The predicted molar refractivity (Wildman–Crippen MR) is 88.8 cm³/mol. The molecule has 0 amide bonds. The number of hydrogen-bond donors (Lipinski definition) is 0. The first kappa shape index (κ1) is 19.2. The highest BCUT2D eigenvalue weighted by Crippen LogP contribution is 2.12. The molecule has 0 aliphatic carbocycles. The maximum absolute atomic E-state index is 11.7. The first-order valence-electron chi connectivity index (χ1n) is 8.16. The molecule has 1 aromatic carbocycles. The molecule has 0 aromatic heterocycles. The van der Waals surface area contributed by atoms with Gasteiger partial charge in [-0.3, -0.25) is 14.5 Å². The third kappa shape index (κ3) is 7.79. The van der Waals surface area contributed by atoms with E-state index in [1.165, 1.54) is 0 Å². The van der Waals surface area contributed by atoms with Crippen LogP contribution >= 0.6 is 0 Å². The van der Waals surface area contributed by atoms with Crippen LogP contribution in [0.3, 0.4) is 0 Å². The fourth-order valence-corrected chi connectivity index (χ4v) is 2.33. The van der Waals surface area contributed by atoms with E-state index in [4.69, 9.17) is 9.47 Å². The highest BCUT2D eigenvalue weighted by molar-refractivity contribution is 5.70. The molecule has 0 radical (unpaired) electrons. The molecule has 5 nitrogen and oxygen atoms in total. The third-order valence-electron chi connectivity index (χ3n) is 3.53. The SMILES string of the molecule is CCOC(=O)CCN(Cc1ccccc1)C(C)CC(=O)OCC. The van der Waals surface area contributed by atoms with Gasteiger partial charge in [0, 0.05) is 19.1 Å². The number of esters is 2. The molecule has 23 heavy (non-hydrogen) atoms. The Bertz CT molecular complexity index is 475. The second kappa shape index (κ2) is 10.8. The van der Waals surface area contributed by atoms with Crippen molar-refractivity contribution in [2.24, 2.45) is 0 Å². The lowest BCUT2D eigenvalue weighted by atomic mass is 10.1. The first-order chi connectivity index (χ1) is 11.1. The van der Waals surface area contributed by atoms with Gasteiger partial charge in [0.15, 0.2) is 0 Å². The summed E-state index contributed by atoms with van der Waals surface area (Å²) < 4.78 is 10.0. The van der Waals surface area contributed by atoms with Gasteiger partial charge in [-0.15, -0.1) is 0 Å². The van der Waals surface area contributed by atoms with Crippen LogP contribution in [-0.2, 0) is 25.6 Å². The van der Waals surface area contributed by atoms with Crippen molar-refractivity contribution in [1.82, 2.24) is 4.90 Å². The first-order valence-corrected chi connectivity index (χ1v) is 8.16. The largest absolute Gasteiger partial charge is 0.466 e. The number of carbonyl (C=O) groups excluding carboxylic acids is 2. The van der Waals surface area contributed by atoms with E-state index >= 15 is 0 Å². The number of hydrogen-bond acceptors (Lipinski definition) is 5. The zero-order chi connectivity index (χ0) is 17.1. The van der Waals surface area contributed by atoms with E-state index in [1.54, 1.807) is 13.8 Å². The van der Waals surface area contributed by atoms with Gasteiger partial charge < -0.3 is 9.47 Å². The monoisotopic (exact) mass is 321 g/mol. The van der Waals surface area contributed by atoms with E-state index in [2.05, 4.69) is 4.90 Å². The lowest BCUT2D eigenvalue weighted by molar-refractivity contribution is -0.144. The molecule has 1 atom stereocenters. The molecule has 0 N–H and O–H groups in total. The second-order valence-corrected chi connectivity index (χ2v) is 5.37. The standard InChI is InChI=1S/C18H27NO4/c1-4-22-17(20)11-12-19(14-16-9-7-6-8-10-16)15(3)13-18(21)23-5-2/h6-10,15H,4-5,11-14H2,1-3H3. The Balaban J connectivity index is 2.66. The summed E-state index contributed by atoms with van der Waals surface area (Å²) >= 11 is 0. The van der Waals surface area contributed by atoms with Crippen LogP contribution in [0.25, 0.3) is 0 Å². The molecule has 1 unspecified atom stereocenters. The molecule has 0 fully saturated rings. The molecule has 1 aromatic rings. The summed E-state index contributed by atoms with van der Waals surface area (Å²) in [5.74, 6) is -0.428. The van der Waals surface area contributed by atoms with Crippen molar-refractivity contribution in [3.05, 3.63) is 35.9 Å². The molecule has 0 aliphatic rings. The van der Waals surface area contributed by atoms with Gasteiger partial charge >= 0.3 is 11.9 Å². The Morgan fingerprint density at radius 1 is 1.04 bits per heavy atom. The van der Waals surface area contributed by atoms with Crippen LogP contribution in [0.15, 0.2) is 30.3 Å². The van der Waals surface area contributed by atoms with Gasteiger partial charge in [0.25, 0.3) is 0 Å². The fourth-order valence-electron chi connectivity index (χ4n) is 2.33. The average Bonchev–Trinajstić information content (AvgIpc) is 2.52. The van der Waals surface area contributed by atoms with Crippen molar-refractivity contribution < 1.29 is 19.1 Å². The van der Waals surface area contributed by atoms with Crippen LogP contribution in [0.2, 0.25) is 0 Å². The molecule has 0 bridgehead atoms. The quantitative estimate of drug-likeness (QED) is 0.620. The van der Waals surface area contributed by atoms with Crippen LogP contribution in [0, 0.1) is 0 Å². The lowest BCUT2D eigenvalue weighted by Gasteiger charge is -2.28. The van der Waals surface area contributed by atoms with E-state index in [0.29, 0.717) is 39.1 Å². The Kier molecular flexibility index (Phi) is 8.98. The highest BCUT2D eigenvalue weighted by atomic mass is 16.5. The molecule has 0 saturated carbocycles. The molecule has 0 saturated heterocycles. The number of rotatable bonds is 10. The number of nitrogens with zero attached hydrogens (tertiary/aromatic N) is 1. The Labute approximate surface area is 138 Å². The molecule has 1 rings (SSSR count). The van der Waals surface area contributed by atoms with Crippen molar-refractivity contribution in [3.63, 3.8) is 0 Å².